The lowest BCUT2D eigenvalue weighted by molar-refractivity contribution is -0.148. The Balaban J connectivity index is 1.98. The molecule has 6 N–H and O–H groups in total. The monoisotopic (exact) mass is 452 g/mol. The van der Waals surface area contributed by atoms with Crippen LogP contribution in [0, 0.1) is 23.7 Å². The number of amides is 1. The summed E-state index contributed by atoms with van der Waals surface area (Å²) in [6.45, 7) is 1.64. The number of hydrogen-bond acceptors (Lipinski definition) is 8. The third kappa shape index (κ3) is 2.91. The molecule has 0 radical (unpaired) electrons. The third-order valence-electron chi connectivity index (χ3n) is 6.87. The van der Waals surface area contributed by atoms with Crippen molar-refractivity contribution in [2.45, 2.75) is 31.4 Å². The fourth-order valence-electron chi connectivity index (χ4n) is 5.50. The summed E-state index contributed by atoms with van der Waals surface area (Å²) in [5.74, 6) is -1.00. The van der Waals surface area contributed by atoms with E-state index < -0.39 is 58.0 Å². The second kappa shape index (κ2) is 7.47. The minimum absolute atomic E-state index is 0.0421. The van der Waals surface area contributed by atoms with Crippen LogP contribution in [0.3, 0.4) is 0 Å². The molecule has 33 heavy (non-hydrogen) atoms. The van der Waals surface area contributed by atoms with Gasteiger partial charge in [0.2, 0.25) is 5.78 Å². The van der Waals surface area contributed by atoms with Gasteiger partial charge in [-0.05, 0) is 57.5 Å². The van der Waals surface area contributed by atoms with E-state index in [1.807, 2.05) is 0 Å². The Bertz CT molecular complexity index is 1250. The topological polar surface area (TPSA) is 161 Å². The van der Waals surface area contributed by atoms with E-state index in [4.69, 9.17) is 5.73 Å². The van der Waals surface area contributed by atoms with E-state index >= 15 is 0 Å². The summed E-state index contributed by atoms with van der Waals surface area (Å²) in [5.41, 5.74) is 2.68. The van der Waals surface area contributed by atoms with Gasteiger partial charge in [0.25, 0.3) is 5.91 Å². The number of rotatable bonds is 2. The molecule has 9 heteroatoms. The summed E-state index contributed by atoms with van der Waals surface area (Å²) in [6, 6.07) is 1.91. The van der Waals surface area contributed by atoms with Crippen molar-refractivity contribution in [1.29, 1.82) is 0 Å². The van der Waals surface area contributed by atoms with Gasteiger partial charge in [-0.15, -0.1) is 5.92 Å². The fraction of sp³-hybridized carbons (Fsp3) is 0.375. The number of allylic oxidation sites excluding steroid dienone is 1. The molecule has 0 heterocycles. The zero-order valence-corrected chi connectivity index (χ0v) is 18.3. The van der Waals surface area contributed by atoms with E-state index in [0.29, 0.717) is 11.1 Å². The maximum atomic E-state index is 13.4. The first-order valence-electron chi connectivity index (χ1n) is 10.4. The number of Topliss-reactive ketones (excluding diaryl/α,β-unsaturated/α-hetero) is 2. The molecule has 0 spiro atoms. The van der Waals surface area contributed by atoms with Gasteiger partial charge in [-0.3, -0.25) is 19.3 Å². The van der Waals surface area contributed by atoms with Crippen LogP contribution in [-0.4, -0.2) is 68.5 Å². The lowest BCUT2D eigenvalue weighted by Crippen LogP contribution is -2.63. The van der Waals surface area contributed by atoms with Crippen molar-refractivity contribution in [2.24, 2.45) is 17.6 Å². The molecule has 0 aliphatic heterocycles. The molecule has 4 atom stereocenters. The summed E-state index contributed by atoms with van der Waals surface area (Å²) in [5, 5.41) is 43.8. The van der Waals surface area contributed by atoms with Crippen molar-refractivity contribution in [1.82, 2.24) is 4.90 Å². The van der Waals surface area contributed by atoms with Crippen LogP contribution >= 0.6 is 0 Å². The SMILES string of the molecule is CC#Cc1ccc(O)c2c1CC1CC3C(N(C)C)C(O)=C(C(N)=O)C(=O)[C@@]3(O)C(O)=C1C2=O. The number of fused-ring (bicyclic) bond motifs is 3. The van der Waals surface area contributed by atoms with E-state index in [9.17, 15) is 34.8 Å². The van der Waals surface area contributed by atoms with Crippen LogP contribution in [0.5, 0.6) is 5.75 Å². The molecule has 172 valence electrons. The van der Waals surface area contributed by atoms with Crippen LogP contribution < -0.4 is 5.73 Å². The van der Waals surface area contributed by atoms with Gasteiger partial charge < -0.3 is 26.2 Å². The smallest absolute Gasteiger partial charge is 0.255 e. The second-order valence-corrected chi connectivity index (χ2v) is 8.82. The Hall–Kier alpha value is -3.61. The third-order valence-corrected chi connectivity index (χ3v) is 6.87. The fourth-order valence-corrected chi connectivity index (χ4v) is 5.50. The lowest BCUT2D eigenvalue weighted by Gasteiger charge is -2.50. The van der Waals surface area contributed by atoms with Crippen molar-refractivity contribution < 1.29 is 34.8 Å². The molecule has 0 saturated carbocycles. The molecule has 4 rings (SSSR count). The minimum Gasteiger partial charge on any atom is -0.510 e. The normalized spacial score (nSPS) is 28.7. The summed E-state index contributed by atoms with van der Waals surface area (Å²) in [4.78, 5) is 40.1. The van der Waals surface area contributed by atoms with Gasteiger partial charge in [0, 0.05) is 17.1 Å². The van der Waals surface area contributed by atoms with Gasteiger partial charge in [0.05, 0.1) is 11.6 Å². The molecule has 0 fully saturated rings. The first kappa shape index (κ1) is 22.6. The summed E-state index contributed by atoms with van der Waals surface area (Å²) in [6.07, 6.45) is 0.257. The quantitative estimate of drug-likeness (QED) is 0.320. The average Bonchev–Trinajstić information content (AvgIpc) is 2.72. The number of hydrogen-bond donors (Lipinski definition) is 5. The Morgan fingerprint density at radius 3 is 2.45 bits per heavy atom. The highest BCUT2D eigenvalue weighted by atomic mass is 16.3. The molecule has 1 aromatic carbocycles. The van der Waals surface area contributed by atoms with Gasteiger partial charge in [-0.1, -0.05) is 5.92 Å². The standard InChI is InChI=1S/C24H24N2O7/c1-4-5-10-6-7-14(27)16-12(10)8-11-9-13-18(26(2)3)20(29)17(23(25)32)22(31)24(13,33)21(30)15(11)19(16)28/h6-7,11,13,18,27,29-30,33H,8-9H2,1-3H3,(H2,25,32)/t11?,13?,18?,24-/m0/s1. The predicted octanol–water partition coefficient (Wildman–Crippen LogP) is 0.492. The lowest BCUT2D eigenvalue weighted by atomic mass is 9.58. The zero-order valence-electron chi connectivity index (χ0n) is 18.3. The van der Waals surface area contributed by atoms with Crippen LogP contribution in [0.2, 0.25) is 0 Å². The van der Waals surface area contributed by atoms with Gasteiger partial charge in [-0.2, -0.15) is 0 Å². The van der Waals surface area contributed by atoms with Crippen LogP contribution in [0.1, 0.15) is 34.8 Å². The van der Waals surface area contributed by atoms with Gasteiger partial charge in [0.15, 0.2) is 11.4 Å². The van der Waals surface area contributed by atoms with Gasteiger partial charge in [0.1, 0.15) is 22.8 Å². The Morgan fingerprint density at radius 2 is 1.88 bits per heavy atom. The highest BCUT2D eigenvalue weighted by Crippen LogP contribution is 2.52. The molecule has 9 nitrogen and oxygen atoms in total. The Labute approximate surface area is 189 Å². The number of benzene rings is 1. The molecular weight excluding hydrogens is 428 g/mol. The molecule has 3 aliphatic rings. The number of likely N-dealkylation sites (N-methyl/N-ethyl adjacent to an activating group) is 1. The maximum Gasteiger partial charge on any atom is 0.255 e. The molecule has 3 aliphatic carbocycles. The van der Waals surface area contributed by atoms with E-state index in [2.05, 4.69) is 11.8 Å². The molecule has 1 amide bonds. The first-order chi connectivity index (χ1) is 15.5. The van der Waals surface area contributed by atoms with Crippen LogP contribution in [-0.2, 0) is 16.0 Å². The Kier molecular flexibility index (Phi) is 5.11. The van der Waals surface area contributed by atoms with Crippen LogP contribution in [0.15, 0.2) is 34.8 Å². The average molecular weight is 452 g/mol. The number of phenols is 1. The van der Waals surface area contributed by atoms with Crippen molar-refractivity contribution in [3.05, 3.63) is 51.5 Å². The molecular formula is C24H24N2O7. The number of phenolic OH excluding ortho intramolecular Hbond substituents is 1. The van der Waals surface area contributed by atoms with E-state index in [0.717, 1.165) is 0 Å². The highest BCUT2D eigenvalue weighted by Gasteiger charge is 2.63. The van der Waals surface area contributed by atoms with Crippen LogP contribution in [0.4, 0.5) is 0 Å². The minimum atomic E-state index is -2.64. The summed E-state index contributed by atoms with van der Waals surface area (Å²) >= 11 is 0. The number of aromatic hydroxyl groups is 1. The van der Waals surface area contributed by atoms with Crippen LogP contribution in [0.25, 0.3) is 0 Å². The molecule has 3 unspecified atom stereocenters. The number of aliphatic hydroxyl groups is 3. The Morgan fingerprint density at radius 1 is 1.21 bits per heavy atom. The van der Waals surface area contributed by atoms with E-state index in [1.54, 1.807) is 27.1 Å². The number of nitrogens with two attached hydrogens (primary N) is 1. The van der Waals surface area contributed by atoms with E-state index in [-0.39, 0.29) is 29.7 Å². The number of aliphatic hydroxyl groups excluding tert-OH is 2. The zero-order chi connectivity index (χ0) is 24.4. The molecule has 0 aromatic heterocycles. The van der Waals surface area contributed by atoms with Crippen molar-refractivity contribution in [3.63, 3.8) is 0 Å². The number of nitrogens with zero attached hydrogens (tertiary/aromatic N) is 1. The van der Waals surface area contributed by atoms with E-state index in [1.165, 1.54) is 11.0 Å². The molecule has 0 saturated heterocycles. The highest BCUT2D eigenvalue weighted by molar-refractivity contribution is 6.24. The predicted molar refractivity (Wildman–Crippen MR) is 116 cm³/mol. The second-order valence-electron chi connectivity index (χ2n) is 8.82. The first-order valence-corrected chi connectivity index (χ1v) is 10.4. The molecule has 0 bridgehead atoms. The largest absolute Gasteiger partial charge is 0.510 e. The number of carbonyl (C=O) groups is 3. The number of carbonyl (C=O) groups excluding carboxylic acids is 3. The molecule has 1 aromatic rings. The maximum absolute atomic E-state index is 13.4. The number of ketones is 2. The summed E-state index contributed by atoms with van der Waals surface area (Å²) < 4.78 is 0. The van der Waals surface area contributed by atoms with Crippen molar-refractivity contribution in [3.8, 4) is 17.6 Å². The summed E-state index contributed by atoms with van der Waals surface area (Å²) in [7, 11) is 3.17. The van der Waals surface area contributed by atoms with Crippen molar-refractivity contribution >= 4 is 17.5 Å². The van der Waals surface area contributed by atoms with Gasteiger partial charge >= 0.3 is 0 Å². The van der Waals surface area contributed by atoms with Crippen molar-refractivity contribution in [2.75, 3.05) is 14.1 Å². The van der Waals surface area contributed by atoms with Gasteiger partial charge in [-0.25, -0.2) is 0 Å². The number of primary amides is 1.